The first-order chi connectivity index (χ1) is 6.72. The van der Waals surface area contributed by atoms with Crippen molar-refractivity contribution < 1.29 is 5.11 Å². The number of aliphatic hydroxyl groups excluding tert-OH is 1. The first kappa shape index (κ1) is 11.7. The highest BCUT2D eigenvalue weighted by Gasteiger charge is 2.07. The molecule has 4 heteroatoms. The van der Waals surface area contributed by atoms with Crippen molar-refractivity contribution in [3.63, 3.8) is 0 Å². The second kappa shape index (κ2) is 6.14. The molecular weight excluding hydrogens is 196 g/mol. The summed E-state index contributed by atoms with van der Waals surface area (Å²) in [5.74, 6) is 0. The summed E-state index contributed by atoms with van der Waals surface area (Å²) in [6.07, 6.45) is -0.288. The van der Waals surface area contributed by atoms with Gasteiger partial charge in [-0.15, -0.1) is 0 Å². The van der Waals surface area contributed by atoms with Gasteiger partial charge in [0.25, 0.3) is 0 Å². The minimum absolute atomic E-state index is 0.288. The Bertz CT molecular complexity index is 238. The Balaban J connectivity index is 2.25. The zero-order valence-corrected chi connectivity index (χ0v) is 9.55. The Morgan fingerprint density at radius 3 is 3.00 bits per heavy atom. The van der Waals surface area contributed by atoms with Crippen molar-refractivity contribution in [1.82, 2.24) is 10.2 Å². The lowest BCUT2D eigenvalue weighted by Crippen LogP contribution is -2.34. The highest BCUT2D eigenvalue weighted by Crippen LogP contribution is 2.08. The molecule has 0 amide bonds. The summed E-state index contributed by atoms with van der Waals surface area (Å²) in [6, 6.07) is 2.12. The van der Waals surface area contributed by atoms with Crippen molar-refractivity contribution in [3.8, 4) is 0 Å². The molecule has 0 aliphatic heterocycles. The average molecular weight is 214 g/mol. The van der Waals surface area contributed by atoms with E-state index in [0.29, 0.717) is 13.1 Å². The van der Waals surface area contributed by atoms with Gasteiger partial charge in [-0.25, -0.2) is 0 Å². The molecule has 3 nitrogen and oxygen atoms in total. The minimum Gasteiger partial charge on any atom is -0.390 e. The first-order valence-corrected chi connectivity index (χ1v) is 5.69. The zero-order valence-electron chi connectivity index (χ0n) is 8.73. The van der Waals surface area contributed by atoms with Crippen LogP contribution in [0.25, 0.3) is 0 Å². The molecular formula is C10H18N2OS. The van der Waals surface area contributed by atoms with E-state index in [1.807, 2.05) is 14.1 Å². The number of nitrogens with one attached hydrogen (secondary N) is 1. The lowest BCUT2D eigenvalue weighted by atomic mass is 10.3. The van der Waals surface area contributed by atoms with E-state index in [4.69, 9.17) is 0 Å². The van der Waals surface area contributed by atoms with E-state index in [0.717, 1.165) is 6.54 Å². The summed E-state index contributed by atoms with van der Waals surface area (Å²) in [7, 11) is 3.87. The molecule has 0 aromatic carbocycles. The van der Waals surface area contributed by atoms with Crippen LogP contribution in [0.3, 0.4) is 0 Å². The molecule has 0 bridgehead atoms. The smallest absolute Gasteiger partial charge is 0.0791 e. The number of hydrogen-bond donors (Lipinski definition) is 2. The van der Waals surface area contributed by atoms with Crippen LogP contribution in [0.5, 0.6) is 0 Å². The monoisotopic (exact) mass is 214 g/mol. The molecule has 1 unspecified atom stereocenters. The van der Waals surface area contributed by atoms with Crippen LogP contribution in [0, 0.1) is 0 Å². The van der Waals surface area contributed by atoms with Crippen molar-refractivity contribution in [2.45, 2.75) is 12.6 Å². The Hall–Kier alpha value is -0.420. The van der Waals surface area contributed by atoms with Crippen LogP contribution in [0.15, 0.2) is 16.8 Å². The van der Waals surface area contributed by atoms with Crippen LogP contribution in [-0.2, 0) is 6.54 Å². The third kappa shape index (κ3) is 4.19. The molecule has 0 radical (unpaired) electrons. The first-order valence-electron chi connectivity index (χ1n) is 4.74. The maximum absolute atomic E-state index is 9.55. The molecule has 1 atom stereocenters. The summed E-state index contributed by atoms with van der Waals surface area (Å²) in [6.45, 7) is 2.26. The van der Waals surface area contributed by atoms with E-state index in [1.54, 1.807) is 11.3 Å². The fourth-order valence-electron chi connectivity index (χ4n) is 1.42. The number of nitrogens with zero attached hydrogens (tertiary/aromatic N) is 1. The van der Waals surface area contributed by atoms with Crippen LogP contribution in [0.1, 0.15) is 5.56 Å². The molecule has 14 heavy (non-hydrogen) atoms. The highest BCUT2D eigenvalue weighted by molar-refractivity contribution is 7.07. The Morgan fingerprint density at radius 1 is 1.64 bits per heavy atom. The molecule has 1 aromatic rings. The topological polar surface area (TPSA) is 35.5 Å². The Kier molecular flexibility index (Phi) is 5.11. The highest BCUT2D eigenvalue weighted by atomic mass is 32.1. The lowest BCUT2D eigenvalue weighted by Gasteiger charge is -2.19. The van der Waals surface area contributed by atoms with Gasteiger partial charge in [0.05, 0.1) is 6.10 Å². The van der Waals surface area contributed by atoms with Gasteiger partial charge in [-0.05, 0) is 36.5 Å². The van der Waals surface area contributed by atoms with Crippen LogP contribution in [0.4, 0.5) is 0 Å². The quantitative estimate of drug-likeness (QED) is 0.734. The molecule has 0 aliphatic rings. The zero-order chi connectivity index (χ0) is 10.4. The van der Waals surface area contributed by atoms with Crippen molar-refractivity contribution in [2.75, 3.05) is 27.2 Å². The lowest BCUT2D eigenvalue weighted by molar-refractivity contribution is 0.123. The molecule has 0 fully saturated rings. The maximum atomic E-state index is 9.55. The Labute approximate surface area is 89.4 Å². The molecule has 1 heterocycles. The van der Waals surface area contributed by atoms with Crippen molar-refractivity contribution >= 4 is 11.3 Å². The van der Waals surface area contributed by atoms with E-state index >= 15 is 0 Å². The van der Waals surface area contributed by atoms with E-state index < -0.39 is 0 Å². The average Bonchev–Trinajstić information content (AvgIpc) is 2.56. The molecule has 1 rings (SSSR count). The van der Waals surface area contributed by atoms with Crippen molar-refractivity contribution in [2.24, 2.45) is 0 Å². The molecule has 0 saturated heterocycles. The van der Waals surface area contributed by atoms with Gasteiger partial charge in [-0.2, -0.15) is 11.3 Å². The molecule has 0 spiro atoms. The van der Waals surface area contributed by atoms with Crippen molar-refractivity contribution in [1.29, 1.82) is 0 Å². The second-order valence-electron chi connectivity index (χ2n) is 3.54. The van der Waals surface area contributed by atoms with Gasteiger partial charge >= 0.3 is 0 Å². The largest absolute Gasteiger partial charge is 0.390 e. The Morgan fingerprint density at radius 2 is 2.43 bits per heavy atom. The molecule has 80 valence electrons. The van der Waals surface area contributed by atoms with Crippen LogP contribution in [0.2, 0.25) is 0 Å². The van der Waals surface area contributed by atoms with Crippen LogP contribution in [-0.4, -0.2) is 43.3 Å². The van der Waals surface area contributed by atoms with Gasteiger partial charge in [0, 0.05) is 19.6 Å². The van der Waals surface area contributed by atoms with Gasteiger partial charge < -0.3 is 10.4 Å². The second-order valence-corrected chi connectivity index (χ2v) is 4.32. The fourth-order valence-corrected chi connectivity index (χ4v) is 2.08. The van der Waals surface area contributed by atoms with E-state index in [9.17, 15) is 5.11 Å². The normalized spacial score (nSPS) is 13.4. The summed E-state index contributed by atoms with van der Waals surface area (Å²) < 4.78 is 0. The predicted molar refractivity (Wildman–Crippen MR) is 60.6 cm³/mol. The van der Waals surface area contributed by atoms with Gasteiger partial charge in [0.1, 0.15) is 0 Å². The summed E-state index contributed by atoms with van der Waals surface area (Å²) in [4.78, 5) is 2.13. The molecule has 1 aromatic heterocycles. The van der Waals surface area contributed by atoms with E-state index in [2.05, 4.69) is 27.0 Å². The maximum Gasteiger partial charge on any atom is 0.0791 e. The fraction of sp³-hybridized carbons (Fsp3) is 0.600. The number of thiophene rings is 1. The van der Waals surface area contributed by atoms with E-state index in [-0.39, 0.29) is 6.10 Å². The van der Waals surface area contributed by atoms with Crippen LogP contribution >= 0.6 is 11.3 Å². The van der Waals surface area contributed by atoms with Gasteiger partial charge in [-0.1, -0.05) is 0 Å². The SMILES string of the molecule is CNCC(O)CN(C)Cc1ccsc1. The van der Waals surface area contributed by atoms with Gasteiger partial charge in [-0.3, -0.25) is 4.90 Å². The number of rotatable bonds is 6. The summed E-state index contributed by atoms with van der Waals surface area (Å²) in [5, 5.41) is 16.7. The number of aliphatic hydroxyl groups is 1. The summed E-state index contributed by atoms with van der Waals surface area (Å²) >= 11 is 1.71. The van der Waals surface area contributed by atoms with Crippen molar-refractivity contribution in [3.05, 3.63) is 22.4 Å². The standard InChI is InChI=1S/C10H18N2OS/c1-11-5-10(13)7-12(2)6-9-3-4-14-8-9/h3-4,8,10-11,13H,5-7H2,1-2H3. The molecule has 2 N–H and O–H groups in total. The molecule has 0 aliphatic carbocycles. The minimum atomic E-state index is -0.288. The van der Waals surface area contributed by atoms with E-state index in [1.165, 1.54) is 5.56 Å². The molecule has 0 saturated carbocycles. The van der Waals surface area contributed by atoms with Gasteiger partial charge in [0.15, 0.2) is 0 Å². The predicted octanol–water partition coefficient (Wildman–Crippen LogP) is 0.760. The third-order valence-electron chi connectivity index (χ3n) is 1.99. The van der Waals surface area contributed by atoms with Crippen LogP contribution < -0.4 is 5.32 Å². The third-order valence-corrected chi connectivity index (χ3v) is 2.73. The number of hydrogen-bond acceptors (Lipinski definition) is 4. The van der Waals surface area contributed by atoms with Gasteiger partial charge in [0.2, 0.25) is 0 Å². The summed E-state index contributed by atoms with van der Waals surface area (Å²) in [5.41, 5.74) is 1.31. The number of likely N-dealkylation sites (N-methyl/N-ethyl adjacent to an activating group) is 2.